The Morgan fingerprint density at radius 2 is 1.81 bits per heavy atom. The summed E-state index contributed by atoms with van der Waals surface area (Å²) in [5.74, 6) is 2.58. The number of nitrogens with zero attached hydrogens (tertiary/aromatic N) is 2. The maximum atomic E-state index is 12.0. The van der Waals surface area contributed by atoms with Gasteiger partial charge in [0.15, 0.2) is 9.84 Å². The largest absolute Gasteiger partial charge is 0.425 e. The molecule has 0 radical (unpaired) electrons. The molecule has 0 N–H and O–H groups in total. The second kappa shape index (κ2) is 6.62. The predicted octanol–water partition coefficient (Wildman–Crippen LogP) is 2.99. The van der Waals surface area contributed by atoms with Crippen molar-refractivity contribution in [1.82, 2.24) is 10.2 Å². The van der Waals surface area contributed by atoms with Crippen molar-refractivity contribution in [3.05, 3.63) is 41.6 Å². The molecule has 5 nitrogen and oxygen atoms in total. The molecule has 0 aliphatic carbocycles. The Hall–Kier alpha value is -1.34. The summed E-state index contributed by atoms with van der Waals surface area (Å²) in [6, 6.07) is 7.03. The summed E-state index contributed by atoms with van der Waals surface area (Å²) < 4.78 is 29.3. The number of thioether (sulfide) groups is 1. The van der Waals surface area contributed by atoms with Crippen LogP contribution in [0, 0.1) is 6.92 Å². The summed E-state index contributed by atoms with van der Waals surface area (Å²) >= 11 is 1.65. The molecule has 0 aliphatic heterocycles. The fourth-order valence-corrected chi connectivity index (χ4v) is 3.58. The Labute approximate surface area is 129 Å². The van der Waals surface area contributed by atoms with Gasteiger partial charge < -0.3 is 4.42 Å². The molecular weight excluding hydrogens is 308 g/mol. The van der Waals surface area contributed by atoms with Gasteiger partial charge in [0.25, 0.3) is 0 Å². The van der Waals surface area contributed by atoms with Gasteiger partial charge in [0.2, 0.25) is 11.8 Å². The van der Waals surface area contributed by atoms with Crippen molar-refractivity contribution in [3.8, 4) is 0 Å². The molecule has 0 amide bonds. The average molecular weight is 326 g/mol. The molecule has 0 fully saturated rings. The van der Waals surface area contributed by atoms with Gasteiger partial charge in [-0.05, 0) is 31.5 Å². The molecule has 0 aliphatic rings. The quantitative estimate of drug-likeness (QED) is 0.812. The van der Waals surface area contributed by atoms with Crippen molar-refractivity contribution < 1.29 is 12.8 Å². The number of hydrogen-bond acceptors (Lipinski definition) is 6. The summed E-state index contributed by atoms with van der Waals surface area (Å²) in [4.78, 5) is 0.374. The van der Waals surface area contributed by atoms with Crippen molar-refractivity contribution in [2.45, 2.75) is 42.4 Å². The van der Waals surface area contributed by atoms with Gasteiger partial charge in [-0.3, -0.25) is 0 Å². The average Bonchev–Trinajstić information content (AvgIpc) is 2.85. The van der Waals surface area contributed by atoms with Crippen LogP contribution < -0.4 is 0 Å². The van der Waals surface area contributed by atoms with Crippen LogP contribution in [0.5, 0.6) is 0 Å². The molecule has 0 bridgehead atoms. The van der Waals surface area contributed by atoms with Gasteiger partial charge in [0, 0.05) is 12.7 Å². The highest BCUT2D eigenvalue weighted by Crippen LogP contribution is 2.20. The molecule has 0 spiro atoms. The highest BCUT2D eigenvalue weighted by atomic mass is 32.2. The van der Waals surface area contributed by atoms with E-state index in [0.717, 1.165) is 11.3 Å². The van der Waals surface area contributed by atoms with Crippen molar-refractivity contribution >= 4 is 21.6 Å². The van der Waals surface area contributed by atoms with E-state index in [1.165, 1.54) is 0 Å². The molecule has 1 heterocycles. The zero-order chi connectivity index (χ0) is 15.5. The van der Waals surface area contributed by atoms with E-state index in [0.29, 0.717) is 22.4 Å². The topological polar surface area (TPSA) is 73.1 Å². The highest BCUT2D eigenvalue weighted by Gasteiger charge is 2.18. The third-order valence-corrected chi connectivity index (χ3v) is 6.09. The maximum absolute atomic E-state index is 12.0. The molecule has 7 heteroatoms. The molecule has 0 saturated heterocycles. The lowest BCUT2D eigenvalue weighted by Gasteiger charge is -2.08. The Balaban J connectivity index is 1.94. The minimum Gasteiger partial charge on any atom is -0.425 e. The molecule has 1 aromatic heterocycles. The van der Waals surface area contributed by atoms with Gasteiger partial charge in [-0.25, -0.2) is 8.42 Å². The van der Waals surface area contributed by atoms with Crippen molar-refractivity contribution in [2.24, 2.45) is 0 Å². The van der Waals surface area contributed by atoms with Gasteiger partial charge in [-0.15, -0.1) is 22.0 Å². The molecule has 1 aromatic carbocycles. The molecule has 21 heavy (non-hydrogen) atoms. The third-order valence-electron chi connectivity index (χ3n) is 2.93. The van der Waals surface area contributed by atoms with Crippen LogP contribution >= 0.6 is 11.8 Å². The number of sulfone groups is 1. The summed E-state index contributed by atoms with van der Waals surface area (Å²) in [5.41, 5.74) is 1.07. The fourth-order valence-electron chi connectivity index (χ4n) is 1.70. The lowest BCUT2D eigenvalue weighted by atomic mass is 10.2. The van der Waals surface area contributed by atoms with Gasteiger partial charge in [0.1, 0.15) is 0 Å². The van der Waals surface area contributed by atoms with Crippen LogP contribution in [0.2, 0.25) is 0 Å². The standard InChI is InChI=1S/C14H18N2O3S2/c1-10(2)21(17,18)13-6-4-12(5-7-13)8-20-9-14-16-15-11(3)19-14/h4-7,10H,8-9H2,1-3H3. The minimum atomic E-state index is -3.19. The molecule has 0 atom stereocenters. The summed E-state index contributed by atoms with van der Waals surface area (Å²) in [6.45, 7) is 5.13. The zero-order valence-electron chi connectivity index (χ0n) is 12.2. The SMILES string of the molecule is Cc1nnc(CSCc2ccc(S(=O)(=O)C(C)C)cc2)o1. The molecular formula is C14H18N2O3S2. The number of benzene rings is 1. The Bertz CT molecular complexity index is 691. The molecule has 0 unspecified atom stereocenters. The van der Waals surface area contributed by atoms with Crippen LogP contribution in [0.1, 0.15) is 31.2 Å². The van der Waals surface area contributed by atoms with E-state index in [9.17, 15) is 8.42 Å². The van der Waals surface area contributed by atoms with E-state index < -0.39 is 15.1 Å². The van der Waals surface area contributed by atoms with E-state index in [1.807, 2.05) is 12.1 Å². The first-order valence-corrected chi connectivity index (χ1v) is 9.29. The van der Waals surface area contributed by atoms with Crippen LogP contribution in [-0.2, 0) is 21.3 Å². The van der Waals surface area contributed by atoms with Gasteiger partial charge in [-0.2, -0.15) is 0 Å². The van der Waals surface area contributed by atoms with E-state index in [2.05, 4.69) is 10.2 Å². The number of aryl methyl sites for hydroxylation is 1. The number of aromatic nitrogens is 2. The first-order chi connectivity index (χ1) is 9.89. The highest BCUT2D eigenvalue weighted by molar-refractivity contribution is 7.97. The summed E-state index contributed by atoms with van der Waals surface area (Å²) in [6.07, 6.45) is 0. The smallest absolute Gasteiger partial charge is 0.226 e. The van der Waals surface area contributed by atoms with Gasteiger partial charge in [0.05, 0.1) is 15.9 Å². The van der Waals surface area contributed by atoms with Gasteiger partial charge in [-0.1, -0.05) is 12.1 Å². The van der Waals surface area contributed by atoms with E-state index in [1.54, 1.807) is 44.7 Å². The molecule has 2 aromatic rings. The van der Waals surface area contributed by atoms with Gasteiger partial charge >= 0.3 is 0 Å². The van der Waals surface area contributed by atoms with Crippen molar-refractivity contribution in [1.29, 1.82) is 0 Å². The number of rotatable bonds is 6. The summed E-state index contributed by atoms with van der Waals surface area (Å²) in [5, 5.41) is 7.29. The molecule has 2 rings (SSSR count). The molecule has 0 saturated carbocycles. The zero-order valence-corrected chi connectivity index (χ0v) is 13.9. The Morgan fingerprint density at radius 1 is 1.14 bits per heavy atom. The normalized spacial score (nSPS) is 12.0. The van der Waals surface area contributed by atoms with E-state index in [4.69, 9.17) is 4.42 Å². The fraction of sp³-hybridized carbons (Fsp3) is 0.429. The van der Waals surface area contributed by atoms with Crippen LogP contribution in [-0.4, -0.2) is 23.9 Å². The Morgan fingerprint density at radius 3 is 2.33 bits per heavy atom. The van der Waals surface area contributed by atoms with Crippen LogP contribution in [0.15, 0.2) is 33.6 Å². The van der Waals surface area contributed by atoms with E-state index >= 15 is 0 Å². The van der Waals surface area contributed by atoms with Crippen LogP contribution in [0.4, 0.5) is 0 Å². The first-order valence-electron chi connectivity index (χ1n) is 6.59. The van der Waals surface area contributed by atoms with Crippen LogP contribution in [0.3, 0.4) is 0 Å². The maximum Gasteiger partial charge on any atom is 0.226 e. The Kier molecular flexibility index (Phi) is 5.05. The lowest BCUT2D eigenvalue weighted by Crippen LogP contribution is -2.13. The summed E-state index contributed by atoms with van der Waals surface area (Å²) in [7, 11) is -3.19. The molecule has 114 valence electrons. The minimum absolute atomic E-state index is 0.374. The predicted molar refractivity (Wildman–Crippen MR) is 82.8 cm³/mol. The third kappa shape index (κ3) is 4.07. The first kappa shape index (κ1) is 16.0. The second-order valence-corrected chi connectivity index (χ2v) is 8.44. The van der Waals surface area contributed by atoms with Crippen molar-refractivity contribution in [3.63, 3.8) is 0 Å². The monoisotopic (exact) mass is 326 g/mol. The van der Waals surface area contributed by atoms with Crippen molar-refractivity contribution in [2.75, 3.05) is 0 Å². The number of hydrogen-bond donors (Lipinski definition) is 0. The second-order valence-electron chi connectivity index (χ2n) is 4.95. The lowest BCUT2D eigenvalue weighted by molar-refractivity contribution is 0.485. The van der Waals surface area contributed by atoms with Crippen LogP contribution in [0.25, 0.3) is 0 Å². The van der Waals surface area contributed by atoms with E-state index in [-0.39, 0.29) is 0 Å².